The van der Waals surface area contributed by atoms with Crippen molar-refractivity contribution in [2.45, 2.75) is 38.3 Å². The molecule has 0 radical (unpaired) electrons. The van der Waals surface area contributed by atoms with E-state index in [0.29, 0.717) is 18.2 Å². The molecule has 0 unspecified atom stereocenters. The maximum Gasteiger partial charge on any atom is 0.251 e. The number of nitrogens with zero attached hydrogens (tertiary/aromatic N) is 3. The monoisotopic (exact) mass is 394 g/mol. The van der Waals surface area contributed by atoms with Crippen LogP contribution >= 0.6 is 11.3 Å². The highest BCUT2D eigenvalue weighted by atomic mass is 32.1. The SMILES string of the molecule is CN(C)c1cccc(C(=O)NCc2cc(-c3cccs3)n(C3CCCC3)n2)c1. The van der Waals surface area contributed by atoms with E-state index in [4.69, 9.17) is 5.10 Å². The third-order valence-electron chi connectivity index (χ3n) is 5.29. The minimum atomic E-state index is -0.0724. The summed E-state index contributed by atoms with van der Waals surface area (Å²) in [6, 6.07) is 14.5. The van der Waals surface area contributed by atoms with Gasteiger partial charge in [0.25, 0.3) is 5.91 Å². The number of aromatic nitrogens is 2. The zero-order chi connectivity index (χ0) is 19.5. The van der Waals surface area contributed by atoms with Gasteiger partial charge in [-0.25, -0.2) is 0 Å². The second-order valence-electron chi connectivity index (χ2n) is 7.51. The van der Waals surface area contributed by atoms with Gasteiger partial charge in [0.15, 0.2) is 0 Å². The molecule has 6 heteroatoms. The summed E-state index contributed by atoms with van der Waals surface area (Å²) in [5.74, 6) is -0.0724. The summed E-state index contributed by atoms with van der Waals surface area (Å²) in [7, 11) is 3.94. The molecule has 1 aromatic carbocycles. The number of thiophene rings is 1. The van der Waals surface area contributed by atoms with Crippen molar-refractivity contribution in [2.75, 3.05) is 19.0 Å². The molecule has 5 nitrogen and oxygen atoms in total. The lowest BCUT2D eigenvalue weighted by Crippen LogP contribution is -2.23. The van der Waals surface area contributed by atoms with Gasteiger partial charge in [-0.1, -0.05) is 25.0 Å². The number of nitrogens with one attached hydrogen (secondary N) is 1. The number of anilines is 1. The Labute approximate surface area is 170 Å². The summed E-state index contributed by atoms with van der Waals surface area (Å²) >= 11 is 1.74. The van der Waals surface area contributed by atoms with E-state index in [1.54, 1.807) is 11.3 Å². The third kappa shape index (κ3) is 3.97. The Hall–Kier alpha value is -2.60. The fraction of sp³-hybridized carbons (Fsp3) is 0.364. The van der Waals surface area contributed by atoms with E-state index in [1.165, 1.54) is 36.3 Å². The van der Waals surface area contributed by atoms with E-state index in [9.17, 15) is 4.79 Å². The highest BCUT2D eigenvalue weighted by Gasteiger charge is 2.22. The highest BCUT2D eigenvalue weighted by Crippen LogP contribution is 2.35. The first kappa shape index (κ1) is 18.7. The molecule has 1 amide bonds. The predicted molar refractivity (Wildman–Crippen MR) is 115 cm³/mol. The van der Waals surface area contributed by atoms with Crippen molar-refractivity contribution >= 4 is 22.9 Å². The fourth-order valence-electron chi connectivity index (χ4n) is 3.77. The van der Waals surface area contributed by atoms with Crippen LogP contribution in [0.25, 0.3) is 10.6 Å². The molecule has 1 aliphatic carbocycles. The average molecular weight is 395 g/mol. The molecule has 1 fully saturated rings. The molecule has 2 heterocycles. The zero-order valence-electron chi connectivity index (χ0n) is 16.4. The van der Waals surface area contributed by atoms with Crippen LogP contribution < -0.4 is 10.2 Å². The lowest BCUT2D eigenvalue weighted by molar-refractivity contribution is 0.0950. The molecule has 28 heavy (non-hydrogen) atoms. The van der Waals surface area contributed by atoms with Gasteiger partial charge in [0, 0.05) is 25.3 Å². The van der Waals surface area contributed by atoms with Gasteiger partial charge in [-0.3, -0.25) is 9.48 Å². The smallest absolute Gasteiger partial charge is 0.251 e. The second-order valence-corrected chi connectivity index (χ2v) is 8.46. The number of hydrogen-bond acceptors (Lipinski definition) is 4. The lowest BCUT2D eigenvalue weighted by atomic mass is 10.2. The number of amides is 1. The Kier molecular flexibility index (Phi) is 5.48. The van der Waals surface area contributed by atoms with E-state index < -0.39 is 0 Å². The zero-order valence-corrected chi connectivity index (χ0v) is 17.2. The number of benzene rings is 1. The van der Waals surface area contributed by atoms with Crippen molar-refractivity contribution in [3.8, 4) is 10.6 Å². The van der Waals surface area contributed by atoms with Crippen LogP contribution in [0.2, 0.25) is 0 Å². The molecule has 1 aliphatic rings. The Morgan fingerprint density at radius 2 is 2.04 bits per heavy atom. The Morgan fingerprint density at radius 1 is 1.21 bits per heavy atom. The van der Waals surface area contributed by atoms with Gasteiger partial charge in [-0.05, 0) is 48.6 Å². The molecule has 4 rings (SSSR count). The summed E-state index contributed by atoms with van der Waals surface area (Å²) in [4.78, 5) is 15.8. The van der Waals surface area contributed by atoms with Gasteiger partial charge in [-0.2, -0.15) is 5.10 Å². The molecule has 0 aliphatic heterocycles. The van der Waals surface area contributed by atoms with E-state index in [0.717, 1.165) is 11.4 Å². The number of rotatable bonds is 6. The average Bonchev–Trinajstić information content (AvgIpc) is 3.46. The molecule has 1 saturated carbocycles. The summed E-state index contributed by atoms with van der Waals surface area (Å²) < 4.78 is 2.19. The minimum absolute atomic E-state index is 0.0724. The molecule has 146 valence electrons. The van der Waals surface area contributed by atoms with Crippen LogP contribution in [0.1, 0.15) is 47.8 Å². The predicted octanol–water partition coefficient (Wildman–Crippen LogP) is 4.72. The molecule has 3 aromatic rings. The molecule has 2 aromatic heterocycles. The maximum atomic E-state index is 12.6. The van der Waals surface area contributed by atoms with Gasteiger partial charge in [0.2, 0.25) is 0 Å². The van der Waals surface area contributed by atoms with Gasteiger partial charge >= 0.3 is 0 Å². The minimum Gasteiger partial charge on any atom is -0.378 e. The van der Waals surface area contributed by atoms with E-state index in [1.807, 2.05) is 43.3 Å². The van der Waals surface area contributed by atoms with Crippen molar-refractivity contribution < 1.29 is 4.79 Å². The molecule has 1 N–H and O–H groups in total. The molecule has 0 saturated heterocycles. The molecular formula is C22H26N4OS. The number of carbonyl (C=O) groups excluding carboxylic acids is 1. The first-order chi connectivity index (χ1) is 13.6. The van der Waals surface area contributed by atoms with Gasteiger partial charge < -0.3 is 10.2 Å². The van der Waals surface area contributed by atoms with Crippen LogP contribution in [-0.2, 0) is 6.54 Å². The summed E-state index contributed by atoms with van der Waals surface area (Å²) in [5, 5.41) is 9.99. The fourth-order valence-corrected chi connectivity index (χ4v) is 4.50. The van der Waals surface area contributed by atoms with Gasteiger partial charge in [0.05, 0.1) is 28.9 Å². The summed E-state index contributed by atoms with van der Waals surface area (Å²) in [6.07, 6.45) is 4.90. The lowest BCUT2D eigenvalue weighted by Gasteiger charge is -2.13. The van der Waals surface area contributed by atoms with Crippen LogP contribution in [0, 0.1) is 0 Å². The van der Waals surface area contributed by atoms with Crippen LogP contribution in [0.15, 0.2) is 47.8 Å². The highest BCUT2D eigenvalue weighted by molar-refractivity contribution is 7.13. The van der Waals surface area contributed by atoms with E-state index in [-0.39, 0.29) is 5.91 Å². The van der Waals surface area contributed by atoms with Gasteiger partial charge in [-0.15, -0.1) is 11.3 Å². The Morgan fingerprint density at radius 3 is 2.75 bits per heavy atom. The van der Waals surface area contributed by atoms with Crippen LogP contribution in [0.3, 0.4) is 0 Å². The number of hydrogen-bond donors (Lipinski definition) is 1. The van der Waals surface area contributed by atoms with Crippen molar-refractivity contribution in [1.29, 1.82) is 0 Å². The van der Waals surface area contributed by atoms with Crippen molar-refractivity contribution in [3.63, 3.8) is 0 Å². The molecule has 0 bridgehead atoms. The summed E-state index contributed by atoms with van der Waals surface area (Å²) in [6.45, 7) is 0.434. The third-order valence-corrected chi connectivity index (χ3v) is 6.18. The molecule has 0 spiro atoms. The van der Waals surface area contributed by atoms with Crippen molar-refractivity contribution in [2.24, 2.45) is 0 Å². The Bertz CT molecular complexity index is 939. The normalized spacial score (nSPS) is 14.4. The van der Waals surface area contributed by atoms with E-state index in [2.05, 4.69) is 33.6 Å². The number of carbonyl (C=O) groups is 1. The van der Waals surface area contributed by atoms with Crippen molar-refractivity contribution in [1.82, 2.24) is 15.1 Å². The maximum absolute atomic E-state index is 12.6. The largest absolute Gasteiger partial charge is 0.378 e. The van der Waals surface area contributed by atoms with Gasteiger partial charge in [0.1, 0.15) is 0 Å². The molecule has 0 atom stereocenters. The summed E-state index contributed by atoms with van der Waals surface area (Å²) in [5.41, 5.74) is 3.76. The van der Waals surface area contributed by atoms with Crippen LogP contribution in [0.4, 0.5) is 5.69 Å². The van der Waals surface area contributed by atoms with Crippen LogP contribution in [-0.4, -0.2) is 29.8 Å². The molecular weight excluding hydrogens is 368 g/mol. The van der Waals surface area contributed by atoms with Crippen LogP contribution in [0.5, 0.6) is 0 Å². The Balaban J connectivity index is 1.51. The second kappa shape index (κ2) is 8.19. The first-order valence-electron chi connectivity index (χ1n) is 9.80. The van der Waals surface area contributed by atoms with Crippen molar-refractivity contribution in [3.05, 3.63) is 59.1 Å². The quantitative estimate of drug-likeness (QED) is 0.658. The van der Waals surface area contributed by atoms with E-state index >= 15 is 0 Å². The first-order valence-corrected chi connectivity index (χ1v) is 10.7. The topological polar surface area (TPSA) is 50.2 Å². The standard InChI is InChI=1S/C22H26N4OS/c1-25(2)19-10-5-7-16(13-19)22(27)23-15-17-14-20(21-11-6-12-28-21)26(24-17)18-8-3-4-9-18/h5-7,10-14,18H,3-4,8-9,15H2,1-2H3,(H,23,27).